The van der Waals surface area contributed by atoms with E-state index in [2.05, 4.69) is 11.6 Å². The zero-order chi connectivity index (χ0) is 9.68. The third-order valence-electron chi connectivity index (χ3n) is 1.86. The molecular weight excluding hydrogens is 219 g/mol. The number of aromatic nitrogens is 1. The summed E-state index contributed by atoms with van der Waals surface area (Å²) in [5, 5.41) is 0.500. The molecule has 0 amide bonds. The summed E-state index contributed by atoms with van der Waals surface area (Å²) in [4.78, 5) is 3.97. The minimum Gasteiger partial charge on any atom is -0.324 e. The minimum absolute atomic E-state index is 0. The molecule has 0 unspecified atom stereocenters. The Morgan fingerprint density at radius 3 is 2.79 bits per heavy atom. The fourth-order valence-corrected chi connectivity index (χ4v) is 1.18. The average molecular weight is 233 g/mol. The molecule has 0 spiro atoms. The molecule has 1 aromatic heterocycles. The second-order valence-electron chi connectivity index (χ2n) is 2.89. The Morgan fingerprint density at radius 1 is 1.57 bits per heavy atom. The number of hydrogen-bond acceptors (Lipinski definition) is 2. The molecule has 0 aliphatic carbocycles. The number of nitrogens with two attached hydrogens (primary N) is 1. The van der Waals surface area contributed by atoms with E-state index in [0.29, 0.717) is 5.15 Å². The second kappa shape index (κ2) is 6.82. The van der Waals surface area contributed by atoms with Crippen molar-refractivity contribution >= 4 is 24.0 Å². The predicted molar refractivity (Wildman–Crippen MR) is 62.9 cm³/mol. The van der Waals surface area contributed by atoms with Gasteiger partial charge in [0.05, 0.1) is 0 Å². The van der Waals surface area contributed by atoms with Gasteiger partial charge in [0.1, 0.15) is 5.15 Å². The molecule has 0 saturated heterocycles. The first-order valence-electron chi connectivity index (χ1n) is 4.22. The van der Waals surface area contributed by atoms with Crippen molar-refractivity contribution in [3.63, 3.8) is 0 Å². The first-order chi connectivity index (χ1) is 6.24. The maximum Gasteiger partial charge on any atom is 0.129 e. The van der Waals surface area contributed by atoms with Gasteiger partial charge in [0.15, 0.2) is 0 Å². The van der Waals surface area contributed by atoms with Gasteiger partial charge in [-0.1, -0.05) is 23.7 Å². The van der Waals surface area contributed by atoms with E-state index in [1.807, 2.05) is 12.1 Å². The van der Waals surface area contributed by atoms with Crippen molar-refractivity contribution in [1.82, 2.24) is 4.98 Å². The molecule has 0 fully saturated rings. The van der Waals surface area contributed by atoms with Crippen LogP contribution in [0.2, 0.25) is 5.15 Å². The van der Waals surface area contributed by atoms with E-state index in [9.17, 15) is 0 Å². The monoisotopic (exact) mass is 232 g/mol. The lowest BCUT2D eigenvalue weighted by Crippen LogP contribution is -2.09. The van der Waals surface area contributed by atoms with Crippen LogP contribution in [0.5, 0.6) is 0 Å². The third kappa shape index (κ3) is 4.09. The van der Waals surface area contributed by atoms with E-state index in [-0.39, 0.29) is 18.4 Å². The van der Waals surface area contributed by atoms with Crippen LogP contribution in [0, 0.1) is 0 Å². The Labute approximate surface area is 95.6 Å². The largest absolute Gasteiger partial charge is 0.324 e. The van der Waals surface area contributed by atoms with Gasteiger partial charge in [0.2, 0.25) is 0 Å². The zero-order valence-electron chi connectivity index (χ0n) is 7.82. The van der Waals surface area contributed by atoms with Crippen molar-refractivity contribution < 1.29 is 0 Å². The standard InChI is InChI=1S/C10H13ClN2.ClH/c1-2-3-4-9(12)8-5-6-10(11)13-7-8;/h2,5-7,9H,1,3-4,12H2;1H/t9-;/m1./s1. The van der Waals surface area contributed by atoms with E-state index in [4.69, 9.17) is 17.3 Å². The molecule has 2 nitrogen and oxygen atoms in total. The van der Waals surface area contributed by atoms with Crippen LogP contribution in [0.3, 0.4) is 0 Å². The maximum atomic E-state index is 5.90. The predicted octanol–water partition coefficient (Wildman–Crippen LogP) is 3.12. The van der Waals surface area contributed by atoms with Crippen LogP contribution in [0.4, 0.5) is 0 Å². The van der Waals surface area contributed by atoms with Crippen LogP contribution in [0.1, 0.15) is 24.4 Å². The normalized spacial score (nSPS) is 11.6. The highest BCUT2D eigenvalue weighted by atomic mass is 35.5. The smallest absolute Gasteiger partial charge is 0.129 e. The van der Waals surface area contributed by atoms with Crippen LogP contribution < -0.4 is 5.73 Å². The number of hydrogen-bond donors (Lipinski definition) is 1. The number of allylic oxidation sites excluding steroid dienone is 1. The summed E-state index contributed by atoms with van der Waals surface area (Å²) in [6, 6.07) is 3.69. The molecule has 78 valence electrons. The Hall–Kier alpha value is -0.570. The van der Waals surface area contributed by atoms with E-state index < -0.39 is 0 Å². The first kappa shape index (κ1) is 13.4. The highest BCUT2D eigenvalue weighted by Crippen LogP contribution is 2.16. The molecule has 1 atom stereocenters. The van der Waals surface area contributed by atoms with E-state index >= 15 is 0 Å². The van der Waals surface area contributed by atoms with Gasteiger partial charge in [0.25, 0.3) is 0 Å². The van der Waals surface area contributed by atoms with Gasteiger partial charge >= 0.3 is 0 Å². The fraction of sp³-hybridized carbons (Fsp3) is 0.300. The van der Waals surface area contributed by atoms with E-state index in [1.165, 1.54) is 0 Å². The summed E-state index contributed by atoms with van der Waals surface area (Å²) >= 11 is 5.65. The summed E-state index contributed by atoms with van der Waals surface area (Å²) in [6.45, 7) is 3.65. The Bertz CT molecular complexity index is 272. The molecule has 0 radical (unpaired) electrons. The van der Waals surface area contributed by atoms with Gasteiger partial charge in [-0.3, -0.25) is 0 Å². The highest BCUT2D eigenvalue weighted by Gasteiger charge is 2.04. The van der Waals surface area contributed by atoms with Crippen molar-refractivity contribution in [2.75, 3.05) is 0 Å². The Morgan fingerprint density at radius 2 is 2.29 bits per heavy atom. The highest BCUT2D eigenvalue weighted by molar-refractivity contribution is 6.29. The lowest BCUT2D eigenvalue weighted by atomic mass is 10.1. The molecule has 2 N–H and O–H groups in total. The van der Waals surface area contributed by atoms with E-state index in [1.54, 1.807) is 12.3 Å². The molecule has 0 saturated carbocycles. The molecule has 4 heteroatoms. The number of pyridine rings is 1. The number of halogens is 2. The van der Waals surface area contributed by atoms with Crippen molar-refractivity contribution in [2.24, 2.45) is 5.73 Å². The summed E-state index contributed by atoms with van der Waals surface area (Å²) in [6.07, 6.45) is 5.40. The molecule has 1 rings (SSSR count). The van der Waals surface area contributed by atoms with Crippen LogP contribution >= 0.6 is 24.0 Å². The summed E-state index contributed by atoms with van der Waals surface area (Å²) in [7, 11) is 0. The maximum absolute atomic E-state index is 5.90. The van der Waals surface area contributed by atoms with Crippen molar-refractivity contribution in [2.45, 2.75) is 18.9 Å². The molecule has 0 aliphatic heterocycles. The SMILES string of the molecule is C=CCC[C@@H](N)c1ccc(Cl)nc1.Cl. The summed E-state index contributed by atoms with van der Waals surface area (Å²) < 4.78 is 0. The van der Waals surface area contributed by atoms with Crippen LogP contribution in [-0.2, 0) is 0 Å². The quantitative estimate of drug-likeness (QED) is 0.641. The van der Waals surface area contributed by atoms with Gasteiger partial charge in [-0.15, -0.1) is 19.0 Å². The first-order valence-corrected chi connectivity index (χ1v) is 4.59. The van der Waals surface area contributed by atoms with Crippen molar-refractivity contribution in [1.29, 1.82) is 0 Å². The molecule has 1 heterocycles. The van der Waals surface area contributed by atoms with Gasteiger partial charge < -0.3 is 5.73 Å². The lowest BCUT2D eigenvalue weighted by Gasteiger charge is -2.09. The average Bonchev–Trinajstić information content (AvgIpc) is 2.15. The minimum atomic E-state index is 0. The van der Waals surface area contributed by atoms with Gasteiger partial charge in [-0.05, 0) is 24.5 Å². The molecule has 0 aromatic carbocycles. The van der Waals surface area contributed by atoms with Crippen LogP contribution in [-0.4, -0.2) is 4.98 Å². The van der Waals surface area contributed by atoms with Crippen LogP contribution in [0.25, 0.3) is 0 Å². The summed E-state index contributed by atoms with van der Waals surface area (Å²) in [5.74, 6) is 0. The number of rotatable bonds is 4. The summed E-state index contributed by atoms with van der Waals surface area (Å²) in [5.41, 5.74) is 6.92. The molecule has 0 aliphatic rings. The zero-order valence-corrected chi connectivity index (χ0v) is 9.39. The van der Waals surface area contributed by atoms with Crippen molar-refractivity contribution in [3.8, 4) is 0 Å². The van der Waals surface area contributed by atoms with Gasteiger partial charge in [0, 0.05) is 12.2 Å². The van der Waals surface area contributed by atoms with Crippen molar-refractivity contribution in [3.05, 3.63) is 41.7 Å². The third-order valence-corrected chi connectivity index (χ3v) is 2.08. The lowest BCUT2D eigenvalue weighted by molar-refractivity contribution is 0.659. The number of nitrogens with zero attached hydrogens (tertiary/aromatic N) is 1. The van der Waals surface area contributed by atoms with E-state index in [0.717, 1.165) is 18.4 Å². The molecule has 1 aromatic rings. The molecular formula is C10H14Cl2N2. The fourth-order valence-electron chi connectivity index (χ4n) is 1.07. The Kier molecular flexibility index (Phi) is 6.54. The van der Waals surface area contributed by atoms with Gasteiger partial charge in [-0.2, -0.15) is 0 Å². The topological polar surface area (TPSA) is 38.9 Å². The molecule has 0 bridgehead atoms. The second-order valence-corrected chi connectivity index (χ2v) is 3.27. The Balaban J connectivity index is 0.00000169. The van der Waals surface area contributed by atoms with Crippen LogP contribution in [0.15, 0.2) is 31.0 Å². The molecule has 14 heavy (non-hydrogen) atoms. The van der Waals surface area contributed by atoms with Gasteiger partial charge in [-0.25, -0.2) is 4.98 Å².